The van der Waals surface area contributed by atoms with Crippen molar-refractivity contribution in [3.63, 3.8) is 0 Å². The second-order valence-electron chi connectivity index (χ2n) is 7.01. The first kappa shape index (κ1) is 20.8. The molecule has 0 saturated heterocycles. The highest BCUT2D eigenvalue weighted by Crippen LogP contribution is 2.25. The van der Waals surface area contributed by atoms with Gasteiger partial charge in [-0.25, -0.2) is 0 Å². The van der Waals surface area contributed by atoms with Crippen molar-refractivity contribution in [2.24, 2.45) is 0 Å². The summed E-state index contributed by atoms with van der Waals surface area (Å²) in [7, 11) is 3.61. The van der Waals surface area contributed by atoms with Crippen molar-refractivity contribution in [3.8, 4) is 0 Å². The van der Waals surface area contributed by atoms with Crippen molar-refractivity contribution in [2.75, 3.05) is 20.6 Å². The predicted molar refractivity (Wildman–Crippen MR) is 116 cm³/mol. The Morgan fingerprint density at radius 3 is 2.34 bits per heavy atom. The summed E-state index contributed by atoms with van der Waals surface area (Å²) in [5.74, 6) is -0.0936. The van der Waals surface area contributed by atoms with E-state index in [0.717, 1.165) is 20.9 Å². The number of quaternary nitrogens is 1. The highest BCUT2D eigenvalue weighted by molar-refractivity contribution is 7.10. The Kier molecular flexibility index (Phi) is 7.16. The van der Waals surface area contributed by atoms with Gasteiger partial charge in [0.15, 0.2) is 6.54 Å². The van der Waals surface area contributed by atoms with E-state index in [1.165, 1.54) is 0 Å². The Balaban J connectivity index is 1.60. The van der Waals surface area contributed by atoms with Crippen molar-refractivity contribution in [1.29, 1.82) is 0 Å². The number of carbonyl (C=O) groups is 2. The number of benzene rings is 2. The first-order valence-electron chi connectivity index (χ1n) is 9.57. The van der Waals surface area contributed by atoms with Crippen molar-refractivity contribution in [2.45, 2.75) is 12.6 Å². The minimum Gasteiger partial charge on any atom is -0.355 e. The van der Waals surface area contributed by atoms with Crippen LogP contribution in [0.15, 0.2) is 72.1 Å². The van der Waals surface area contributed by atoms with Crippen LogP contribution in [0, 0.1) is 0 Å². The minimum absolute atomic E-state index is 0.00624. The monoisotopic (exact) mass is 408 g/mol. The molecule has 0 aliphatic heterocycles. The molecule has 2 atom stereocenters. The summed E-state index contributed by atoms with van der Waals surface area (Å²) in [6, 6.07) is 21.4. The zero-order valence-corrected chi connectivity index (χ0v) is 17.5. The largest absolute Gasteiger partial charge is 0.355 e. The number of thiophene rings is 1. The standard InChI is InChI=1S/C23H25N3O2S/c1-24-23(28)19-12-10-17(11-13-19)15-26(2)16-21(27)25-22(20-9-6-14-29-20)18-7-4-3-5-8-18/h3-14,22H,15-16H2,1-2H3,(H,24,28)(H,25,27)/p+1/t22-/m1/s1. The van der Waals surface area contributed by atoms with Crippen LogP contribution in [-0.2, 0) is 11.3 Å². The number of likely N-dealkylation sites (N-methyl/N-ethyl adjacent to an activating group) is 1. The first-order chi connectivity index (χ1) is 14.1. The van der Waals surface area contributed by atoms with Crippen LogP contribution in [0.1, 0.15) is 32.4 Å². The summed E-state index contributed by atoms with van der Waals surface area (Å²) in [6.45, 7) is 1.07. The van der Waals surface area contributed by atoms with Gasteiger partial charge in [0.2, 0.25) is 0 Å². The third-order valence-corrected chi connectivity index (χ3v) is 5.61. The van der Waals surface area contributed by atoms with Gasteiger partial charge in [-0.1, -0.05) is 48.5 Å². The van der Waals surface area contributed by atoms with Crippen LogP contribution in [0.4, 0.5) is 0 Å². The fourth-order valence-corrected chi connectivity index (χ4v) is 4.04. The van der Waals surface area contributed by atoms with E-state index < -0.39 is 0 Å². The molecule has 3 rings (SSSR count). The molecular formula is C23H26N3O2S+. The number of rotatable bonds is 8. The molecule has 6 heteroatoms. The molecule has 0 aliphatic rings. The molecule has 0 spiro atoms. The molecule has 0 aliphatic carbocycles. The van der Waals surface area contributed by atoms with E-state index in [2.05, 4.69) is 10.6 Å². The number of hydrogen-bond acceptors (Lipinski definition) is 3. The van der Waals surface area contributed by atoms with Crippen LogP contribution in [0.2, 0.25) is 0 Å². The molecule has 0 bridgehead atoms. The Bertz CT molecular complexity index is 925. The molecule has 2 amide bonds. The van der Waals surface area contributed by atoms with Crippen LogP contribution < -0.4 is 15.5 Å². The van der Waals surface area contributed by atoms with Crippen LogP contribution in [0.25, 0.3) is 0 Å². The van der Waals surface area contributed by atoms with Crippen LogP contribution in [-0.4, -0.2) is 32.5 Å². The summed E-state index contributed by atoms with van der Waals surface area (Å²) >= 11 is 1.64. The topological polar surface area (TPSA) is 62.6 Å². The van der Waals surface area contributed by atoms with Gasteiger partial charge in [0.05, 0.1) is 13.1 Å². The Morgan fingerprint density at radius 1 is 1.00 bits per heavy atom. The summed E-state index contributed by atoms with van der Waals surface area (Å²) in [4.78, 5) is 26.6. The molecule has 2 aromatic carbocycles. The summed E-state index contributed by atoms with van der Waals surface area (Å²) < 4.78 is 0. The highest BCUT2D eigenvalue weighted by Gasteiger charge is 2.20. The summed E-state index contributed by atoms with van der Waals surface area (Å²) in [5.41, 5.74) is 2.79. The van der Waals surface area contributed by atoms with Crippen molar-refractivity contribution >= 4 is 23.2 Å². The first-order valence-corrected chi connectivity index (χ1v) is 10.4. The number of hydrogen-bond donors (Lipinski definition) is 3. The van der Waals surface area contributed by atoms with Gasteiger partial charge in [-0.3, -0.25) is 9.59 Å². The molecule has 1 unspecified atom stereocenters. The lowest BCUT2D eigenvalue weighted by molar-refractivity contribution is -0.885. The Morgan fingerprint density at radius 2 is 1.72 bits per heavy atom. The fraction of sp³-hybridized carbons (Fsp3) is 0.217. The van der Waals surface area contributed by atoms with E-state index in [4.69, 9.17) is 0 Å². The molecule has 0 radical (unpaired) electrons. The number of carbonyl (C=O) groups excluding carboxylic acids is 2. The number of amides is 2. The molecular weight excluding hydrogens is 382 g/mol. The van der Waals surface area contributed by atoms with Crippen molar-refractivity contribution < 1.29 is 14.5 Å². The van der Waals surface area contributed by atoms with Crippen LogP contribution >= 0.6 is 11.3 Å². The van der Waals surface area contributed by atoms with Gasteiger partial charge in [0.25, 0.3) is 11.8 Å². The molecule has 3 aromatic rings. The van der Waals surface area contributed by atoms with Gasteiger partial charge in [-0.15, -0.1) is 11.3 Å². The second kappa shape index (κ2) is 10.0. The van der Waals surface area contributed by atoms with E-state index in [9.17, 15) is 9.59 Å². The van der Waals surface area contributed by atoms with Crippen LogP contribution in [0.5, 0.6) is 0 Å². The SMILES string of the molecule is CNC(=O)c1ccc(C[NH+](C)CC(=O)N[C@H](c2ccccc2)c2cccs2)cc1. The smallest absolute Gasteiger partial charge is 0.275 e. The maximum Gasteiger partial charge on any atom is 0.275 e. The quantitative estimate of drug-likeness (QED) is 0.534. The second-order valence-corrected chi connectivity index (χ2v) is 7.99. The molecule has 3 N–H and O–H groups in total. The zero-order valence-electron chi connectivity index (χ0n) is 16.6. The molecule has 1 aromatic heterocycles. The molecule has 29 heavy (non-hydrogen) atoms. The van der Waals surface area contributed by atoms with E-state index >= 15 is 0 Å². The predicted octanol–water partition coefficient (Wildman–Crippen LogP) is 2.03. The van der Waals surface area contributed by atoms with Crippen molar-refractivity contribution in [3.05, 3.63) is 93.7 Å². The Hall–Kier alpha value is -2.96. The highest BCUT2D eigenvalue weighted by atomic mass is 32.1. The maximum absolute atomic E-state index is 12.7. The third-order valence-electron chi connectivity index (χ3n) is 4.68. The third kappa shape index (κ3) is 5.76. The molecule has 0 fully saturated rings. The van der Waals surface area contributed by atoms with Gasteiger partial charge in [-0.05, 0) is 29.1 Å². The summed E-state index contributed by atoms with van der Waals surface area (Å²) in [6.07, 6.45) is 0. The lowest BCUT2D eigenvalue weighted by Crippen LogP contribution is -3.08. The van der Waals surface area contributed by atoms with E-state index in [1.54, 1.807) is 18.4 Å². The molecule has 1 heterocycles. The number of nitrogens with one attached hydrogen (secondary N) is 3. The van der Waals surface area contributed by atoms with Gasteiger partial charge in [-0.2, -0.15) is 0 Å². The molecule has 150 valence electrons. The molecule has 5 nitrogen and oxygen atoms in total. The lowest BCUT2D eigenvalue weighted by Gasteiger charge is -2.20. The lowest BCUT2D eigenvalue weighted by atomic mass is 10.1. The fourth-order valence-electron chi connectivity index (χ4n) is 3.24. The maximum atomic E-state index is 12.7. The van der Waals surface area contributed by atoms with Crippen LogP contribution in [0.3, 0.4) is 0 Å². The average molecular weight is 409 g/mol. The zero-order chi connectivity index (χ0) is 20.6. The van der Waals surface area contributed by atoms with Gasteiger partial charge < -0.3 is 15.5 Å². The Labute approximate surface area is 175 Å². The van der Waals surface area contributed by atoms with E-state index in [1.807, 2.05) is 79.2 Å². The minimum atomic E-state index is -0.136. The van der Waals surface area contributed by atoms with Gasteiger partial charge in [0.1, 0.15) is 6.54 Å². The average Bonchev–Trinajstić information content (AvgIpc) is 3.27. The van der Waals surface area contributed by atoms with Crippen molar-refractivity contribution in [1.82, 2.24) is 10.6 Å². The van der Waals surface area contributed by atoms with Gasteiger partial charge >= 0.3 is 0 Å². The van der Waals surface area contributed by atoms with E-state index in [-0.39, 0.29) is 17.9 Å². The van der Waals surface area contributed by atoms with Gasteiger partial charge in [0, 0.05) is 23.1 Å². The summed E-state index contributed by atoms with van der Waals surface area (Å²) in [5, 5.41) is 7.82. The van der Waals surface area contributed by atoms with E-state index in [0.29, 0.717) is 18.7 Å². The normalized spacial score (nSPS) is 12.8. The molecule has 0 saturated carbocycles.